The van der Waals surface area contributed by atoms with Crippen molar-refractivity contribution in [2.75, 3.05) is 33.4 Å². The molecule has 2 atom stereocenters. The molecule has 2 rings (SSSR count). The van der Waals surface area contributed by atoms with Gasteiger partial charge in [-0.05, 0) is 45.6 Å². The Kier molecular flexibility index (Phi) is 4.22. The minimum absolute atomic E-state index is 0.338. The summed E-state index contributed by atoms with van der Waals surface area (Å²) in [7, 11) is 2.05. The second-order valence-corrected chi connectivity index (χ2v) is 5.22. The molecule has 1 heterocycles. The Hall–Kier alpha value is -0.120. The summed E-state index contributed by atoms with van der Waals surface area (Å²) >= 11 is 0. The molecule has 0 bridgehead atoms. The predicted octanol–water partition coefficient (Wildman–Crippen LogP) is 1.82. The molecule has 3 heteroatoms. The number of hydrogen-bond acceptors (Lipinski definition) is 3. The molecule has 0 aromatic rings. The highest BCUT2D eigenvalue weighted by atomic mass is 16.5. The lowest BCUT2D eigenvalue weighted by atomic mass is 9.76. The molecule has 16 heavy (non-hydrogen) atoms. The van der Waals surface area contributed by atoms with Gasteiger partial charge in [0.15, 0.2) is 0 Å². The summed E-state index contributed by atoms with van der Waals surface area (Å²) in [5, 5.41) is 3.35. The largest absolute Gasteiger partial charge is 0.382 e. The number of ether oxygens (including phenoxy) is 2. The summed E-state index contributed by atoms with van der Waals surface area (Å²) in [5.74, 6) is 0.831. The third-order valence-electron chi connectivity index (χ3n) is 4.03. The van der Waals surface area contributed by atoms with Crippen molar-refractivity contribution in [1.29, 1.82) is 0 Å². The zero-order valence-corrected chi connectivity index (χ0v) is 10.6. The molecule has 0 aromatic carbocycles. The zero-order valence-electron chi connectivity index (χ0n) is 10.6. The van der Waals surface area contributed by atoms with Crippen LogP contribution in [-0.4, -0.2) is 39.5 Å². The smallest absolute Gasteiger partial charge is 0.0673 e. The molecule has 0 radical (unpaired) electrons. The molecular weight excluding hydrogens is 202 g/mol. The van der Waals surface area contributed by atoms with Gasteiger partial charge >= 0.3 is 0 Å². The van der Waals surface area contributed by atoms with Gasteiger partial charge in [0.2, 0.25) is 0 Å². The first-order chi connectivity index (χ1) is 7.82. The lowest BCUT2D eigenvalue weighted by Crippen LogP contribution is -2.41. The minimum Gasteiger partial charge on any atom is -0.382 e. The summed E-state index contributed by atoms with van der Waals surface area (Å²) in [6, 6.07) is 0. The Morgan fingerprint density at radius 3 is 2.88 bits per heavy atom. The summed E-state index contributed by atoms with van der Waals surface area (Å²) in [6.07, 6.45) is 5.56. The number of nitrogens with one attached hydrogen (secondary N) is 1. The van der Waals surface area contributed by atoms with Gasteiger partial charge in [-0.25, -0.2) is 0 Å². The Labute approximate surface area is 98.9 Å². The molecule has 0 amide bonds. The van der Waals surface area contributed by atoms with Gasteiger partial charge in [-0.2, -0.15) is 0 Å². The molecule has 2 fully saturated rings. The van der Waals surface area contributed by atoms with Crippen LogP contribution < -0.4 is 5.32 Å². The van der Waals surface area contributed by atoms with E-state index in [0.29, 0.717) is 11.5 Å². The van der Waals surface area contributed by atoms with Crippen LogP contribution in [0.25, 0.3) is 0 Å². The van der Waals surface area contributed by atoms with Crippen molar-refractivity contribution in [3.8, 4) is 0 Å². The number of hydrogen-bond donors (Lipinski definition) is 1. The first kappa shape index (κ1) is 12.3. The van der Waals surface area contributed by atoms with Gasteiger partial charge in [0.25, 0.3) is 0 Å². The molecule has 1 aliphatic carbocycles. The quantitative estimate of drug-likeness (QED) is 0.673. The highest BCUT2D eigenvalue weighted by Crippen LogP contribution is 2.49. The van der Waals surface area contributed by atoms with Crippen LogP contribution in [0.15, 0.2) is 0 Å². The normalized spacial score (nSPS) is 34.5. The monoisotopic (exact) mass is 227 g/mol. The first-order valence-electron chi connectivity index (χ1n) is 6.66. The molecule has 3 nitrogen and oxygen atoms in total. The van der Waals surface area contributed by atoms with E-state index in [1.54, 1.807) is 0 Å². The van der Waals surface area contributed by atoms with E-state index in [4.69, 9.17) is 9.47 Å². The fourth-order valence-corrected chi connectivity index (χ4v) is 3.06. The zero-order chi connectivity index (χ0) is 11.4. The molecule has 0 aromatic heterocycles. The van der Waals surface area contributed by atoms with Crippen LogP contribution in [0.3, 0.4) is 0 Å². The van der Waals surface area contributed by atoms with Gasteiger partial charge in [-0.1, -0.05) is 0 Å². The van der Waals surface area contributed by atoms with E-state index in [1.165, 1.54) is 19.3 Å². The third-order valence-corrected chi connectivity index (χ3v) is 4.03. The molecule has 2 aliphatic rings. The van der Waals surface area contributed by atoms with E-state index in [-0.39, 0.29) is 0 Å². The molecule has 0 spiro atoms. The lowest BCUT2D eigenvalue weighted by Gasteiger charge is -2.34. The lowest BCUT2D eigenvalue weighted by molar-refractivity contribution is 0.0108. The standard InChI is InChI=1S/C13H25NO2/c1-3-15-8-6-13(10-14-2)7-9-16-12(13)11-4-5-11/h11-12,14H,3-10H2,1-2H3. The first-order valence-corrected chi connectivity index (χ1v) is 6.66. The van der Waals surface area contributed by atoms with Crippen LogP contribution in [0.4, 0.5) is 0 Å². The summed E-state index contributed by atoms with van der Waals surface area (Å²) < 4.78 is 11.5. The van der Waals surface area contributed by atoms with Crippen molar-refractivity contribution in [2.24, 2.45) is 11.3 Å². The van der Waals surface area contributed by atoms with Crippen molar-refractivity contribution >= 4 is 0 Å². The summed E-state index contributed by atoms with van der Waals surface area (Å²) in [4.78, 5) is 0. The molecule has 94 valence electrons. The van der Waals surface area contributed by atoms with Crippen LogP contribution >= 0.6 is 0 Å². The maximum absolute atomic E-state index is 5.98. The van der Waals surface area contributed by atoms with Gasteiger partial charge in [-0.15, -0.1) is 0 Å². The van der Waals surface area contributed by atoms with Crippen molar-refractivity contribution in [3.63, 3.8) is 0 Å². The molecule has 1 saturated heterocycles. The van der Waals surface area contributed by atoms with Gasteiger partial charge < -0.3 is 14.8 Å². The van der Waals surface area contributed by atoms with Crippen molar-refractivity contribution in [1.82, 2.24) is 5.32 Å². The van der Waals surface area contributed by atoms with Gasteiger partial charge in [-0.3, -0.25) is 0 Å². The highest BCUT2D eigenvalue weighted by Gasteiger charge is 2.50. The number of rotatable bonds is 7. The Balaban J connectivity index is 1.94. The maximum Gasteiger partial charge on any atom is 0.0673 e. The second kappa shape index (κ2) is 5.48. The van der Waals surface area contributed by atoms with Crippen molar-refractivity contribution in [2.45, 2.75) is 38.7 Å². The van der Waals surface area contributed by atoms with Gasteiger partial charge in [0.1, 0.15) is 0 Å². The van der Waals surface area contributed by atoms with E-state index >= 15 is 0 Å². The van der Waals surface area contributed by atoms with Crippen LogP contribution in [-0.2, 0) is 9.47 Å². The molecule has 1 N–H and O–H groups in total. The molecular formula is C13H25NO2. The Morgan fingerprint density at radius 2 is 2.25 bits per heavy atom. The fraction of sp³-hybridized carbons (Fsp3) is 1.00. The van der Waals surface area contributed by atoms with Gasteiger partial charge in [0.05, 0.1) is 6.10 Å². The van der Waals surface area contributed by atoms with Crippen LogP contribution in [0.5, 0.6) is 0 Å². The SMILES string of the molecule is CCOCCC1(CNC)CCOC1C1CC1. The van der Waals surface area contributed by atoms with Crippen LogP contribution in [0.2, 0.25) is 0 Å². The van der Waals surface area contributed by atoms with Crippen LogP contribution in [0.1, 0.15) is 32.6 Å². The van der Waals surface area contributed by atoms with E-state index in [0.717, 1.165) is 38.7 Å². The van der Waals surface area contributed by atoms with Crippen LogP contribution in [0, 0.1) is 11.3 Å². The average Bonchev–Trinajstić information content (AvgIpc) is 3.03. The molecule has 2 unspecified atom stereocenters. The fourth-order valence-electron chi connectivity index (χ4n) is 3.06. The topological polar surface area (TPSA) is 30.5 Å². The molecule has 1 aliphatic heterocycles. The van der Waals surface area contributed by atoms with E-state index in [1.807, 2.05) is 7.05 Å². The van der Waals surface area contributed by atoms with E-state index in [2.05, 4.69) is 12.2 Å². The van der Waals surface area contributed by atoms with Crippen molar-refractivity contribution in [3.05, 3.63) is 0 Å². The summed E-state index contributed by atoms with van der Waals surface area (Å²) in [6.45, 7) is 5.78. The third kappa shape index (κ3) is 2.58. The predicted molar refractivity (Wildman–Crippen MR) is 64.6 cm³/mol. The highest BCUT2D eigenvalue weighted by molar-refractivity contribution is 5.00. The van der Waals surface area contributed by atoms with E-state index in [9.17, 15) is 0 Å². The second-order valence-electron chi connectivity index (χ2n) is 5.22. The van der Waals surface area contributed by atoms with Crippen molar-refractivity contribution < 1.29 is 9.47 Å². The molecule has 1 saturated carbocycles. The maximum atomic E-state index is 5.98. The van der Waals surface area contributed by atoms with Gasteiger partial charge in [0, 0.05) is 31.8 Å². The Morgan fingerprint density at radius 1 is 1.44 bits per heavy atom. The summed E-state index contributed by atoms with van der Waals surface area (Å²) in [5.41, 5.74) is 0.338. The Bertz CT molecular complexity index is 218. The minimum atomic E-state index is 0.338. The van der Waals surface area contributed by atoms with E-state index < -0.39 is 0 Å². The average molecular weight is 227 g/mol.